The Morgan fingerprint density at radius 1 is 1.14 bits per heavy atom. The Morgan fingerprint density at radius 2 is 1.93 bits per heavy atom. The molecule has 2 aliphatic rings. The number of aromatic nitrogens is 3. The van der Waals surface area contributed by atoms with Gasteiger partial charge in [-0.25, -0.2) is 4.98 Å². The fourth-order valence-corrected chi connectivity index (χ4v) is 5.17. The Morgan fingerprint density at radius 3 is 2.71 bits per heavy atom. The second kappa shape index (κ2) is 7.36. The number of benzene rings is 1. The number of nitrogens with one attached hydrogen (secondary N) is 1. The van der Waals surface area contributed by atoms with Gasteiger partial charge in [0.1, 0.15) is 6.23 Å². The second-order valence-corrected chi connectivity index (χ2v) is 8.43. The second-order valence-electron chi connectivity index (χ2n) is 7.42. The van der Waals surface area contributed by atoms with E-state index in [-0.39, 0.29) is 0 Å². The summed E-state index contributed by atoms with van der Waals surface area (Å²) in [6.45, 7) is 6.94. The molecule has 4 heterocycles. The highest BCUT2D eigenvalue weighted by molar-refractivity contribution is 7.15. The topological polar surface area (TPSA) is 77.4 Å². The number of aliphatic hydroxyl groups excluding tert-OH is 1. The Labute approximate surface area is 168 Å². The summed E-state index contributed by atoms with van der Waals surface area (Å²) in [4.78, 5) is 19.4. The molecule has 2 aromatic heterocycles. The summed E-state index contributed by atoms with van der Waals surface area (Å²) in [5.74, 6) is 0. The maximum absolute atomic E-state index is 10.1. The van der Waals surface area contributed by atoms with Crippen LogP contribution in [-0.4, -0.2) is 57.7 Å². The van der Waals surface area contributed by atoms with Crippen LogP contribution in [0.15, 0.2) is 30.6 Å². The van der Waals surface area contributed by atoms with Crippen LogP contribution in [0.1, 0.15) is 35.3 Å². The van der Waals surface area contributed by atoms with Gasteiger partial charge < -0.3 is 10.0 Å². The first-order valence-electron chi connectivity index (χ1n) is 9.80. The Balaban J connectivity index is 1.27. The largest absolute Gasteiger partial charge is 0.373 e. The number of hydrogen-bond acceptors (Lipinski definition) is 8. The average Bonchev–Trinajstić information content (AvgIpc) is 3.19. The van der Waals surface area contributed by atoms with Crippen molar-refractivity contribution in [2.24, 2.45) is 0 Å². The summed E-state index contributed by atoms with van der Waals surface area (Å²) in [6, 6.07) is 6.72. The van der Waals surface area contributed by atoms with Gasteiger partial charge >= 0.3 is 0 Å². The van der Waals surface area contributed by atoms with Crippen molar-refractivity contribution >= 4 is 27.5 Å². The van der Waals surface area contributed by atoms with Gasteiger partial charge in [-0.05, 0) is 24.6 Å². The first kappa shape index (κ1) is 17.9. The minimum Gasteiger partial charge on any atom is -0.373 e. The van der Waals surface area contributed by atoms with Gasteiger partial charge in [-0.15, -0.1) is 0 Å². The van der Waals surface area contributed by atoms with Gasteiger partial charge in [0.25, 0.3) is 0 Å². The lowest BCUT2D eigenvalue weighted by atomic mass is 10.1. The van der Waals surface area contributed by atoms with Crippen molar-refractivity contribution in [1.82, 2.24) is 25.2 Å². The lowest BCUT2D eigenvalue weighted by Gasteiger charge is -2.38. The predicted molar refractivity (Wildman–Crippen MR) is 111 cm³/mol. The van der Waals surface area contributed by atoms with Gasteiger partial charge in [-0.2, -0.15) is 0 Å². The molecule has 2 aliphatic heterocycles. The zero-order valence-electron chi connectivity index (χ0n) is 15.9. The molecule has 8 heteroatoms. The van der Waals surface area contributed by atoms with Crippen LogP contribution in [0.5, 0.6) is 0 Å². The van der Waals surface area contributed by atoms with E-state index in [2.05, 4.69) is 50.2 Å². The molecule has 3 aromatic rings. The normalized spacial score (nSPS) is 21.6. The summed E-state index contributed by atoms with van der Waals surface area (Å²) in [5.41, 5.74) is 4.22. The number of rotatable bonds is 3. The number of aliphatic hydroxyl groups is 1. The van der Waals surface area contributed by atoms with Gasteiger partial charge in [0.2, 0.25) is 0 Å². The van der Waals surface area contributed by atoms with Crippen LogP contribution in [0.25, 0.3) is 11.0 Å². The number of nitrogens with zero attached hydrogens (tertiary/aromatic N) is 5. The van der Waals surface area contributed by atoms with E-state index < -0.39 is 6.23 Å². The molecule has 0 bridgehead atoms. The van der Waals surface area contributed by atoms with Crippen molar-refractivity contribution < 1.29 is 5.11 Å². The van der Waals surface area contributed by atoms with E-state index in [1.165, 1.54) is 5.56 Å². The molecule has 2 atom stereocenters. The van der Waals surface area contributed by atoms with E-state index in [1.54, 1.807) is 23.7 Å². The number of thiazole rings is 1. The van der Waals surface area contributed by atoms with Gasteiger partial charge in [0.15, 0.2) is 5.13 Å². The Hall–Kier alpha value is -2.13. The van der Waals surface area contributed by atoms with Crippen molar-refractivity contribution in [3.63, 3.8) is 0 Å². The molecule has 2 N–H and O–H groups in total. The van der Waals surface area contributed by atoms with E-state index in [1.807, 2.05) is 0 Å². The molecule has 0 aliphatic carbocycles. The number of hydrogen-bond donors (Lipinski definition) is 2. The van der Waals surface area contributed by atoms with Gasteiger partial charge in [0.05, 0.1) is 21.6 Å². The van der Waals surface area contributed by atoms with E-state index >= 15 is 0 Å². The Bertz CT molecular complexity index is 984. The quantitative estimate of drug-likeness (QED) is 0.702. The van der Waals surface area contributed by atoms with Crippen molar-refractivity contribution in [2.75, 3.05) is 37.6 Å². The predicted octanol–water partition coefficient (Wildman–Crippen LogP) is 2.11. The van der Waals surface area contributed by atoms with E-state index in [0.29, 0.717) is 6.04 Å². The molecule has 7 nitrogen and oxygen atoms in total. The minimum absolute atomic E-state index is 0.337. The molecular weight excluding hydrogens is 372 g/mol. The molecule has 0 saturated carbocycles. The van der Waals surface area contributed by atoms with Crippen LogP contribution in [-0.2, 0) is 6.42 Å². The molecule has 28 heavy (non-hydrogen) atoms. The third kappa shape index (κ3) is 3.26. The summed E-state index contributed by atoms with van der Waals surface area (Å²) >= 11 is 1.63. The van der Waals surface area contributed by atoms with Crippen LogP contribution in [0.4, 0.5) is 5.13 Å². The van der Waals surface area contributed by atoms with E-state index in [0.717, 1.165) is 65.9 Å². The van der Waals surface area contributed by atoms with Gasteiger partial charge in [0, 0.05) is 57.6 Å². The first-order valence-corrected chi connectivity index (χ1v) is 10.6. The molecule has 0 spiro atoms. The standard InChI is InChI=1S/C20H24N6OS/c1-13(14-2-3-15-17(12-14)22-7-6-21-15)25-8-10-26(11-9-25)20-24-16-4-5-23-19(27)18(16)28-20/h2-3,6-7,12-13,19,23,27H,4-5,8-11H2,1H3. The zero-order chi connectivity index (χ0) is 19.1. The maximum atomic E-state index is 10.1. The van der Waals surface area contributed by atoms with Crippen molar-refractivity contribution in [1.29, 1.82) is 0 Å². The minimum atomic E-state index is -0.563. The van der Waals surface area contributed by atoms with Crippen LogP contribution in [0, 0.1) is 0 Å². The smallest absolute Gasteiger partial charge is 0.186 e. The third-order valence-electron chi connectivity index (χ3n) is 5.77. The third-order valence-corrected chi connectivity index (χ3v) is 6.98. The van der Waals surface area contributed by atoms with Crippen LogP contribution in [0.3, 0.4) is 0 Å². The summed E-state index contributed by atoms with van der Waals surface area (Å²) in [6.07, 6.45) is 3.81. The fraction of sp³-hybridized carbons (Fsp3) is 0.450. The van der Waals surface area contributed by atoms with E-state index in [9.17, 15) is 5.11 Å². The van der Waals surface area contributed by atoms with Gasteiger partial charge in [-0.1, -0.05) is 17.4 Å². The van der Waals surface area contributed by atoms with Crippen LogP contribution >= 0.6 is 11.3 Å². The summed E-state index contributed by atoms with van der Waals surface area (Å²) < 4.78 is 0. The SMILES string of the molecule is CC(c1ccc2nccnc2c1)N1CCN(c2nc3c(s2)C(O)NCC3)CC1. The zero-order valence-corrected chi connectivity index (χ0v) is 16.7. The van der Waals surface area contributed by atoms with Crippen molar-refractivity contribution in [3.05, 3.63) is 46.7 Å². The van der Waals surface area contributed by atoms with E-state index in [4.69, 9.17) is 4.98 Å². The monoisotopic (exact) mass is 396 g/mol. The van der Waals surface area contributed by atoms with Crippen LogP contribution < -0.4 is 10.2 Å². The fourth-order valence-electron chi connectivity index (χ4n) is 4.05. The lowest BCUT2D eigenvalue weighted by molar-refractivity contribution is 0.135. The lowest BCUT2D eigenvalue weighted by Crippen LogP contribution is -2.47. The highest BCUT2D eigenvalue weighted by atomic mass is 32.1. The highest BCUT2D eigenvalue weighted by Crippen LogP contribution is 2.33. The molecule has 1 aromatic carbocycles. The number of anilines is 1. The first-order chi connectivity index (χ1) is 13.7. The van der Waals surface area contributed by atoms with Gasteiger partial charge in [-0.3, -0.25) is 20.2 Å². The maximum Gasteiger partial charge on any atom is 0.186 e. The Kier molecular flexibility index (Phi) is 4.72. The molecular formula is C20H24N6OS. The van der Waals surface area contributed by atoms with Crippen molar-refractivity contribution in [3.8, 4) is 0 Å². The molecule has 1 fully saturated rings. The van der Waals surface area contributed by atoms with Crippen LogP contribution in [0.2, 0.25) is 0 Å². The average molecular weight is 397 g/mol. The number of piperazine rings is 1. The molecule has 146 valence electrons. The number of fused-ring (bicyclic) bond motifs is 2. The molecule has 5 rings (SSSR count). The summed E-state index contributed by atoms with van der Waals surface area (Å²) in [7, 11) is 0. The highest BCUT2D eigenvalue weighted by Gasteiger charge is 2.27. The molecule has 1 saturated heterocycles. The van der Waals surface area contributed by atoms with Crippen molar-refractivity contribution in [2.45, 2.75) is 25.6 Å². The molecule has 2 unspecified atom stereocenters. The summed E-state index contributed by atoms with van der Waals surface area (Å²) in [5, 5.41) is 14.3. The molecule has 0 radical (unpaired) electrons. The molecule has 0 amide bonds.